The molecule has 0 N–H and O–H groups in total. The number of hydrogen-bond donors (Lipinski definition) is 0. The van der Waals surface area contributed by atoms with Crippen LogP contribution in [0.4, 0.5) is 0 Å². The summed E-state index contributed by atoms with van der Waals surface area (Å²) in [4.78, 5) is 20.3. The molecule has 2 saturated heterocycles. The minimum atomic E-state index is -0.324. The molecule has 1 spiro atoms. The van der Waals surface area contributed by atoms with Crippen LogP contribution >= 0.6 is 0 Å². The zero-order chi connectivity index (χ0) is 21.9. The average molecular weight is 425 g/mol. The summed E-state index contributed by atoms with van der Waals surface area (Å²) in [5.41, 5.74) is 3.07. The molecule has 0 bridgehead atoms. The van der Waals surface area contributed by atoms with E-state index in [4.69, 9.17) is 4.74 Å². The van der Waals surface area contributed by atoms with Crippen LogP contribution in [-0.2, 0) is 4.74 Å². The number of ether oxygens (including phenoxy) is 1. The number of carbonyl (C=O) groups is 1. The van der Waals surface area contributed by atoms with Crippen molar-refractivity contribution in [3.05, 3.63) is 90.6 Å². The van der Waals surface area contributed by atoms with Crippen LogP contribution in [0.15, 0.2) is 79.5 Å². The van der Waals surface area contributed by atoms with Gasteiger partial charge in [0.15, 0.2) is 0 Å². The summed E-state index contributed by atoms with van der Waals surface area (Å²) < 4.78 is 6.30. The number of rotatable bonds is 5. The number of carbonyl (C=O) groups excluding carboxylic acids is 1. The van der Waals surface area contributed by atoms with E-state index < -0.39 is 0 Å². The zero-order valence-corrected chi connectivity index (χ0v) is 18.4. The highest BCUT2D eigenvalue weighted by Gasteiger charge is 2.72. The van der Waals surface area contributed by atoms with E-state index in [9.17, 15) is 4.79 Å². The van der Waals surface area contributed by atoms with Gasteiger partial charge in [0.2, 0.25) is 0 Å². The standard InChI is InChI=1S/C28H28N2O2/c1-3-27(2)18-28-17-23(30(28)16-14-24(27)28)25(32-26(31)19-9-5-4-6-10-19)21-13-15-29-22-12-8-7-11-20(21)22/h3-13,15,23-25H,1,14,16-18H2,2H3/t23-,24+,25-,27-,28+/m1/s1. The van der Waals surface area contributed by atoms with Crippen molar-refractivity contribution in [2.45, 2.75) is 43.9 Å². The van der Waals surface area contributed by atoms with E-state index in [0.29, 0.717) is 11.5 Å². The van der Waals surface area contributed by atoms with E-state index in [1.165, 1.54) is 6.42 Å². The molecule has 1 aliphatic carbocycles. The van der Waals surface area contributed by atoms with Gasteiger partial charge in [-0.25, -0.2) is 4.79 Å². The Balaban J connectivity index is 1.37. The third kappa shape index (κ3) is 2.65. The molecule has 2 aliphatic heterocycles. The van der Waals surface area contributed by atoms with E-state index >= 15 is 0 Å². The first-order valence-electron chi connectivity index (χ1n) is 11.6. The highest BCUT2D eigenvalue weighted by atomic mass is 16.5. The number of esters is 1. The number of fused-ring (bicyclic) bond motifs is 1. The van der Waals surface area contributed by atoms with E-state index in [1.807, 2.05) is 60.8 Å². The Morgan fingerprint density at radius 3 is 2.78 bits per heavy atom. The number of allylic oxidation sites excluding steroid dienone is 1. The van der Waals surface area contributed by atoms with Crippen molar-refractivity contribution in [1.82, 2.24) is 9.88 Å². The fraction of sp³-hybridized carbons (Fsp3) is 0.357. The van der Waals surface area contributed by atoms with Gasteiger partial charge in [0.25, 0.3) is 0 Å². The summed E-state index contributed by atoms with van der Waals surface area (Å²) in [6.45, 7) is 7.51. The molecule has 3 aromatic rings. The van der Waals surface area contributed by atoms with Crippen LogP contribution < -0.4 is 0 Å². The first kappa shape index (κ1) is 19.7. The maximum Gasteiger partial charge on any atom is 0.338 e. The number of para-hydroxylation sites is 1. The maximum atomic E-state index is 13.1. The lowest BCUT2D eigenvalue weighted by Crippen LogP contribution is -2.74. The van der Waals surface area contributed by atoms with Crippen LogP contribution in [-0.4, -0.2) is 34.0 Å². The lowest BCUT2D eigenvalue weighted by molar-refractivity contribution is -0.193. The third-order valence-corrected chi connectivity index (χ3v) is 8.37. The van der Waals surface area contributed by atoms with Gasteiger partial charge in [-0.15, -0.1) is 6.58 Å². The Bertz CT molecular complexity index is 1200. The second kappa shape index (κ2) is 7.01. The summed E-state index contributed by atoms with van der Waals surface area (Å²) in [6.07, 6.45) is 7.07. The van der Waals surface area contributed by atoms with Crippen molar-refractivity contribution < 1.29 is 9.53 Å². The molecular weight excluding hydrogens is 396 g/mol. The van der Waals surface area contributed by atoms with E-state index in [2.05, 4.69) is 35.5 Å². The number of nitrogens with zero attached hydrogens (tertiary/aromatic N) is 2. The molecule has 3 fully saturated rings. The normalized spacial score (nSPS) is 31.7. The van der Waals surface area contributed by atoms with Crippen molar-refractivity contribution >= 4 is 16.9 Å². The van der Waals surface area contributed by atoms with Gasteiger partial charge in [-0.1, -0.05) is 49.4 Å². The third-order valence-electron chi connectivity index (χ3n) is 8.37. The molecule has 4 heteroatoms. The second-order valence-corrected chi connectivity index (χ2v) is 9.91. The molecule has 3 heterocycles. The molecule has 0 amide bonds. The quantitative estimate of drug-likeness (QED) is 0.397. The lowest BCUT2D eigenvalue weighted by Gasteiger charge is -2.69. The highest BCUT2D eigenvalue weighted by molar-refractivity contribution is 5.90. The van der Waals surface area contributed by atoms with E-state index in [1.54, 1.807) is 0 Å². The number of hydrogen-bond acceptors (Lipinski definition) is 4. The first-order chi connectivity index (χ1) is 15.6. The van der Waals surface area contributed by atoms with Crippen LogP contribution in [0.25, 0.3) is 10.9 Å². The molecule has 4 nitrogen and oxygen atoms in total. The monoisotopic (exact) mass is 424 g/mol. The molecular formula is C28H28N2O2. The van der Waals surface area contributed by atoms with Gasteiger partial charge in [-0.3, -0.25) is 9.88 Å². The van der Waals surface area contributed by atoms with Gasteiger partial charge in [0, 0.05) is 22.7 Å². The SMILES string of the molecule is C=C[C@]1(C)C[C@]23C[C@H]([C@H](OC(=O)c4ccccc4)c4ccnc5ccccc45)N2CC[C@H]31. The number of benzene rings is 2. The average Bonchev–Trinajstić information content (AvgIpc) is 3.06. The Morgan fingerprint density at radius 1 is 1.19 bits per heavy atom. The predicted molar refractivity (Wildman–Crippen MR) is 125 cm³/mol. The molecule has 32 heavy (non-hydrogen) atoms. The van der Waals surface area contributed by atoms with Crippen LogP contribution in [0.1, 0.15) is 48.2 Å². The van der Waals surface area contributed by atoms with Crippen molar-refractivity contribution in [2.75, 3.05) is 6.54 Å². The van der Waals surface area contributed by atoms with E-state index in [-0.39, 0.29) is 29.1 Å². The van der Waals surface area contributed by atoms with Gasteiger partial charge in [0.1, 0.15) is 6.10 Å². The van der Waals surface area contributed by atoms with Crippen molar-refractivity contribution in [3.8, 4) is 0 Å². The van der Waals surface area contributed by atoms with Crippen LogP contribution in [0.3, 0.4) is 0 Å². The minimum absolute atomic E-state index is 0.188. The molecule has 162 valence electrons. The van der Waals surface area contributed by atoms with Gasteiger partial charge in [0.05, 0.1) is 17.1 Å². The fourth-order valence-electron chi connectivity index (χ4n) is 6.93. The van der Waals surface area contributed by atoms with Crippen molar-refractivity contribution in [2.24, 2.45) is 11.3 Å². The van der Waals surface area contributed by atoms with Crippen LogP contribution in [0.5, 0.6) is 0 Å². The molecule has 0 unspecified atom stereocenters. The first-order valence-corrected chi connectivity index (χ1v) is 11.6. The highest BCUT2D eigenvalue weighted by Crippen LogP contribution is 2.69. The fourth-order valence-corrected chi connectivity index (χ4v) is 6.93. The summed E-state index contributed by atoms with van der Waals surface area (Å²) in [7, 11) is 0. The van der Waals surface area contributed by atoms with Crippen molar-refractivity contribution in [3.63, 3.8) is 0 Å². The molecule has 0 radical (unpaired) electrons. The molecule has 1 saturated carbocycles. The van der Waals surface area contributed by atoms with Gasteiger partial charge in [-0.2, -0.15) is 0 Å². The number of pyridine rings is 1. The summed E-state index contributed by atoms with van der Waals surface area (Å²) in [5, 5.41) is 1.06. The molecule has 2 aromatic carbocycles. The van der Waals surface area contributed by atoms with Gasteiger partial charge in [-0.05, 0) is 61.4 Å². The Labute approximate surface area is 188 Å². The van der Waals surface area contributed by atoms with Crippen LogP contribution in [0, 0.1) is 11.3 Å². The summed E-state index contributed by atoms with van der Waals surface area (Å²) >= 11 is 0. The maximum absolute atomic E-state index is 13.1. The summed E-state index contributed by atoms with van der Waals surface area (Å²) in [6, 6.07) is 19.6. The smallest absolute Gasteiger partial charge is 0.338 e. The lowest BCUT2D eigenvalue weighted by atomic mass is 9.46. The van der Waals surface area contributed by atoms with E-state index in [0.717, 1.165) is 35.9 Å². The topological polar surface area (TPSA) is 42.4 Å². The van der Waals surface area contributed by atoms with Gasteiger partial charge >= 0.3 is 5.97 Å². The van der Waals surface area contributed by atoms with Gasteiger partial charge < -0.3 is 4.74 Å². The second-order valence-electron chi connectivity index (χ2n) is 9.91. The zero-order valence-electron chi connectivity index (χ0n) is 18.4. The Morgan fingerprint density at radius 2 is 1.97 bits per heavy atom. The summed E-state index contributed by atoms with van der Waals surface area (Å²) in [5.74, 6) is 0.390. The minimum Gasteiger partial charge on any atom is -0.452 e. The van der Waals surface area contributed by atoms with Crippen LogP contribution in [0.2, 0.25) is 0 Å². The molecule has 5 atom stereocenters. The van der Waals surface area contributed by atoms with Crippen molar-refractivity contribution in [1.29, 1.82) is 0 Å². The molecule has 6 rings (SSSR count). The predicted octanol–water partition coefficient (Wildman–Crippen LogP) is 5.56. The Hall–Kier alpha value is -2.98. The molecule has 1 aromatic heterocycles. The Kier molecular flexibility index (Phi) is 4.31. The number of aromatic nitrogens is 1. The largest absolute Gasteiger partial charge is 0.452 e. The molecule has 3 aliphatic rings.